The summed E-state index contributed by atoms with van der Waals surface area (Å²) in [6, 6.07) is 15.0. The Balaban J connectivity index is 1.63. The largest absolute Gasteiger partial charge is 0.482 e. The summed E-state index contributed by atoms with van der Waals surface area (Å²) < 4.78 is 6.94. The van der Waals surface area contributed by atoms with Crippen LogP contribution in [0.1, 0.15) is 22.3 Å². The van der Waals surface area contributed by atoms with Crippen molar-refractivity contribution in [2.75, 3.05) is 16.8 Å². The van der Waals surface area contributed by atoms with Crippen LogP contribution in [-0.2, 0) is 14.4 Å². The average Bonchev–Trinajstić information content (AvgIpc) is 2.83. The first-order chi connectivity index (χ1) is 18.0. The zero-order valence-corrected chi connectivity index (χ0v) is 23.9. The van der Waals surface area contributed by atoms with E-state index in [0.29, 0.717) is 25.9 Å². The van der Waals surface area contributed by atoms with E-state index in [1.54, 1.807) is 36.4 Å². The first kappa shape index (κ1) is 27.3. The number of halogens is 2. The molecule has 0 spiro atoms. The van der Waals surface area contributed by atoms with Gasteiger partial charge in [0.1, 0.15) is 11.3 Å². The molecule has 2 N–H and O–H groups in total. The second-order valence-corrected chi connectivity index (χ2v) is 10.5. The van der Waals surface area contributed by atoms with Crippen molar-refractivity contribution in [1.82, 2.24) is 5.32 Å². The van der Waals surface area contributed by atoms with Gasteiger partial charge in [0.05, 0.1) is 10.2 Å². The molecular formula is C28H23Br2N3O5. The second kappa shape index (κ2) is 11.3. The Bertz CT molecular complexity index is 1520. The summed E-state index contributed by atoms with van der Waals surface area (Å²) in [7, 11) is 0. The maximum atomic E-state index is 13.4. The quantitative estimate of drug-likeness (QED) is 0.261. The summed E-state index contributed by atoms with van der Waals surface area (Å²) in [5, 5.41) is 4.99. The maximum absolute atomic E-state index is 13.4. The van der Waals surface area contributed by atoms with E-state index in [2.05, 4.69) is 42.5 Å². The number of nitrogens with one attached hydrogen (secondary N) is 2. The standard InChI is InChI=1S/C28H23Br2N3O5/c1-15-5-4-6-20(9-15)31-24(34)14-38-25-18(11-19(29)13-23(25)30)12-22-26(35)32-28(37)33(27(22)36)21-8-7-16(2)17(3)10-21/h4-13H,14H2,1-3H3,(H,31,34)(H,32,35,37)/b22-12-. The Kier molecular flexibility index (Phi) is 8.13. The van der Waals surface area contributed by atoms with Gasteiger partial charge in [-0.05, 0) is 95.9 Å². The normalized spacial score (nSPS) is 14.5. The molecule has 4 rings (SSSR count). The minimum atomic E-state index is -0.834. The van der Waals surface area contributed by atoms with E-state index >= 15 is 0 Å². The number of carbonyl (C=O) groups is 4. The van der Waals surface area contributed by atoms with Gasteiger partial charge in [-0.25, -0.2) is 9.69 Å². The van der Waals surface area contributed by atoms with Crippen LogP contribution in [0.5, 0.6) is 5.75 Å². The number of hydrogen-bond acceptors (Lipinski definition) is 5. The van der Waals surface area contributed by atoms with Crippen LogP contribution in [0.15, 0.2) is 69.1 Å². The average molecular weight is 641 g/mol. The summed E-state index contributed by atoms with van der Waals surface area (Å²) in [5.41, 5.74) is 3.95. The fourth-order valence-corrected chi connectivity index (χ4v) is 5.18. The highest BCUT2D eigenvalue weighted by Crippen LogP contribution is 2.35. The highest BCUT2D eigenvalue weighted by Gasteiger charge is 2.37. The molecule has 0 radical (unpaired) electrons. The van der Waals surface area contributed by atoms with Gasteiger partial charge in [0.15, 0.2) is 6.61 Å². The Morgan fingerprint density at radius 2 is 1.76 bits per heavy atom. The predicted molar refractivity (Wildman–Crippen MR) is 152 cm³/mol. The molecule has 38 heavy (non-hydrogen) atoms. The summed E-state index contributed by atoms with van der Waals surface area (Å²) in [6.07, 6.45) is 1.33. The van der Waals surface area contributed by atoms with Crippen molar-refractivity contribution in [3.8, 4) is 5.75 Å². The molecule has 0 aliphatic carbocycles. The summed E-state index contributed by atoms with van der Waals surface area (Å²) >= 11 is 6.83. The van der Waals surface area contributed by atoms with Gasteiger partial charge < -0.3 is 10.1 Å². The van der Waals surface area contributed by atoms with E-state index in [1.807, 2.05) is 39.0 Å². The van der Waals surface area contributed by atoms with Gasteiger partial charge >= 0.3 is 6.03 Å². The molecule has 8 nitrogen and oxygen atoms in total. The van der Waals surface area contributed by atoms with E-state index in [4.69, 9.17) is 4.74 Å². The number of urea groups is 1. The van der Waals surface area contributed by atoms with Crippen LogP contribution in [0.2, 0.25) is 0 Å². The van der Waals surface area contributed by atoms with Crippen LogP contribution in [-0.4, -0.2) is 30.4 Å². The van der Waals surface area contributed by atoms with Crippen molar-refractivity contribution >= 4 is 73.1 Å². The maximum Gasteiger partial charge on any atom is 0.335 e. The second-order valence-electron chi connectivity index (χ2n) is 8.74. The molecule has 1 saturated heterocycles. The number of ether oxygens (including phenoxy) is 1. The molecule has 10 heteroatoms. The molecule has 3 aromatic carbocycles. The van der Waals surface area contributed by atoms with Gasteiger partial charge in [-0.1, -0.05) is 34.1 Å². The third kappa shape index (κ3) is 6.03. The van der Waals surface area contributed by atoms with E-state index in [9.17, 15) is 19.2 Å². The number of aryl methyl sites for hydroxylation is 3. The molecule has 1 heterocycles. The molecule has 194 valence electrons. The highest BCUT2D eigenvalue weighted by molar-refractivity contribution is 9.11. The molecule has 0 unspecified atom stereocenters. The van der Waals surface area contributed by atoms with Crippen LogP contribution in [0.4, 0.5) is 16.2 Å². The number of amides is 5. The van der Waals surface area contributed by atoms with Gasteiger partial charge in [-0.15, -0.1) is 0 Å². The number of hydrogen-bond donors (Lipinski definition) is 2. The third-order valence-corrected chi connectivity index (χ3v) is 6.88. The number of carbonyl (C=O) groups excluding carboxylic acids is 4. The first-order valence-corrected chi connectivity index (χ1v) is 13.1. The number of nitrogens with zero attached hydrogens (tertiary/aromatic N) is 1. The predicted octanol–water partition coefficient (Wildman–Crippen LogP) is 5.82. The zero-order valence-electron chi connectivity index (χ0n) is 20.7. The minimum absolute atomic E-state index is 0.246. The lowest BCUT2D eigenvalue weighted by atomic mass is 10.0. The fourth-order valence-electron chi connectivity index (χ4n) is 3.81. The van der Waals surface area contributed by atoms with Gasteiger partial charge in [0.2, 0.25) is 0 Å². The van der Waals surface area contributed by atoms with Gasteiger partial charge in [0, 0.05) is 15.7 Å². The van der Waals surface area contributed by atoms with Crippen molar-refractivity contribution < 1.29 is 23.9 Å². The van der Waals surface area contributed by atoms with Crippen molar-refractivity contribution in [3.05, 3.63) is 91.4 Å². The molecule has 0 bridgehead atoms. The molecule has 1 aliphatic rings. The van der Waals surface area contributed by atoms with E-state index in [0.717, 1.165) is 21.6 Å². The Morgan fingerprint density at radius 1 is 1.00 bits per heavy atom. The van der Waals surface area contributed by atoms with Gasteiger partial charge in [-0.3, -0.25) is 19.7 Å². The number of imide groups is 2. The van der Waals surface area contributed by atoms with Gasteiger partial charge in [0.25, 0.3) is 17.7 Å². The smallest absolute Gasteiger partial charge is 0.335 e. The van der Waals surface area contributed by atoms with Crippen molar-refractivity contribution in [2.45, 2.75) is 20.8 Å². The first-order valence-electron chi connectivity index (χ1n) is 11.5. The lowest BCUT2D eigenvalue weighted by Gasteiger charge is -2.27. The molecular weight excluding hydrogens is 618 g/mol. The summed E-state index contributed by atoms with van der Waals surface area (Å²) in [5.74, 6) is -1.75. The number of rotatable bonds is 6. The Hall–Kier alpha value is -3.76. The lowest BCUT2D eigenvalue weighted by Crippen LogP contribution is -2.54. The van der Waals surface area contributed by atoms with Crippen LogP contribution in [0, 0.1) is 20.8 Å². The summed E-state index contributed by atoms with van der Waals surface area (Å²) in [4.78, 5) is 52.1. The Morgan fingerprint density at radius 3 is 2.47 bits per heavy atom. The number of benzene rings is 3. The van der Waals surface area contributed by atoms with Crippen LogP contribution >= 0.6 is 31.9 Å². The van der Waals surface area contributed by atoms with Crippen molar-refractivity contribution in [1.29, 1.82) is 0 Å². The number of barbiturate groups is 1. The van der Waals surface area contributed by atoms with E-state index in [1.165, 1.54) is 6.08 Å². The van der Waals surface area contributed by atoms with Crippen molar-refractivity contribution in [3.63, 3.8) is 0 Å². The molecule has 5 amide bonds. The Labute approximate surface area is 236 Å². The SMILES string of the molecule is Cc1cccc(NC(=O)COc2c(Br)cc(Br)cc2/C=C2/C(=O)NC(=O)N(c3ccc(C)c(C)c3)C2=O)c1. The minimum Gasteiger partial charge on any atom is -0.482 e. The molecule has 0 atom stereocenters. The highest BCUT2D eigenvalue weighted by atomic mass is 79.9. The monoisotopic (exact) mass is 639 g/mol. The van der Waals surface area contributed by atoms with Gasteiger partial charge in [-0.2, -0.15) is 0 Å². The summed E-state index contributed by atoms with van der Waals surface area (Å²) in [6.45, 7) is 5.38. The molecule has 1 aliphatic heterocycles. The fraction of sp³-hybridized carbons (Fsp3) is 0.143. The molecule has 0 aromatic heterocycles. The topological polar surface area (TPSA) is 105 Å². The van der Waals surface area contributed by atoms with Crippen molar-refractivity contribution in [2.24, 2.45) is 0 Å². The molecule has 1 fully saturated rings. The number of anilines is 2. The van der Waals surface area contributed by atoms with Crippen LogP contribution in [0.3, 0.4) is 0 Å². The van der Waals surface area contributed by atoms with E-state index in [-0.39, 0.29) is 23.8 Å². The molecule has 3 aromatic rings. The third-order valence-electron chi connectivity index (χ3n) is 5.84. The lowest BCUT2D eigenvalue weighted by molar-refractivity contribution is -0.122. The van der Waals surface area contributed by atoms with Crippen LogP contribution in [0.25, 0.3) is 6.08 Å². The van der Waals surface area contributed by atoms with E-state index < -0.39 is 17.8 Å². The molecule has 0 saturated carbocycles. The zero-order chi connectivity index (χ0) is 27.6. The van der Waals surface area contributed by atoms with Crippen LogP contribution < -0.4 is 20.3 Å².